The number of aromatic nitrogens is 2. The third-order valence-electron chi connectivity index (χ3n) is 7.73. The molecule has 0 radical (unpaired) electrons. The van der Waals surface area contributed by atoms with Crippen LogP contribution in [-0.4, -0.2) is 47.1 Å². The van der Waals surface area contributed by atoms with E-state index in [9.17, 15) is 4.79 Å². The van der Waals surface area contributed by atoms with Crippen LogP contribution >= 0.6 is 11.6 Å². The first-order valence-electron chi connectivity index (χ1n) is 13.3. The van der Waals surface area contributed by atoms with Crippen LogP contribution in [0.1, 0.15) is 34.8 Å². The molecule has 2 atom stereocenters. The van der Waals surface area contributed by atoms with Crippen LogP contribution in [0.4, 0.5) is 5.69 Å². The van der Waals surface area contributed by atoms with Gasteiger partial charge in [0.15, 0.2) is 0 Å². The fourth-order valence-corrected chi connectivity index (χ4v) is 6.00. The lowest BCUT2D eigenvalue weighted by Crippen LogP contribution is -2.49. The molecule has 1 aliphatic heterocycles. The lowest BCUT2D eigenvalue weighted by Gasteiger charge is -2.41. The fraction of sp³-hybridized carbons (Fsp3) is 0.250. The summed E-state index contributed by atoms with van der Waals surface area (Å²) in [7, 11) is 1.48. The van der Waals surface area contributed by atoms with Gasteiger partial charge in [-0.3, -0.25) is 14.7 Å². The molecular weight excluding hydrogens is 508 g/mol. The quantitative estimate of drug-likeness (QED) is 0.179. The number of anilines is 1. The van der Waals surface area contributed by atoms with Crippen LogP contribution in [0.3, 0.4) is 0 Å². The maximum atomic E-state index is 13.2. The van der Waals surface area contributed by atoms with E-state index in [0.717, 1.165) is 52.9 Å². The third kappa shape index (κ3) is 4.86. The van der Waals surface area contributed by atoms with Gasteiger partial charge in [0.05, 0.1) is 18.7 Å². The number of hydrogen-bond acceptors (Lipinski definition) is 5. The van der Waals surface area contributed by atoms with E-state index in [1.54, 1.807) is 6.20 Å². The van der Waals surface area contributed by atoms with Gasteiger partial charge in [0.25, 0.3) is 0 Å². The van der Waals surface area contributed by atoms with Crippen LogP contribution in [0.15, 0.2) is 79.0 Å². The first kappa shape index (κ1) is 25.4. The molecule has 0 saturated carbocycles. The number of esters is 1. The van der Waals surface area contributed by atoms with Crippen LogP contribution in [-0.2, 0) is 16.0 Å². The Labute approximate surface area is 233 Å². The van der Waals surface area contributed by atoms with E-state index < -0.39 is 0 Å². The predicted molar refractivity (Wildman–Crippen MR) is 157 cm³/mol. The summed E-state index contributed by atoms with van der Waals surface area (Å²) in [5.74, 6) is -0.201. The van der Waals surface area contributed by atoms with Crippen molar-refractivity contribution in [3.63, 3.8) is 0 Å². The number of carbonyl (C=O) groups excluding carboxylic acids is 1. The van der Waals surface area contributed by atoms with Crippen molar-refractivity contribution >= 4 is 45.1 Å². The van der Waals surface area contributed by atoms with Crippen LogP contribution in [0.25, 0.3) is 21.8 Å². The molecule has 0 bridgehead atoms. The van der Waals surface area contributed by atoms with E-state index >= 15 is 0 Å². The van der Waals surface area contributed by atoms with Crippen molar-refractivity contribution in [1.82, 2.24) is 14.9 Å². The van der Waals surface area contributed by atoms with Crippen molar-refractivity contribution in [2.75, 3.05) is 25.5 Å². The lowest BCUT2D eigenvalue weighted by atomic mass is 9.87. The summed E-state index contributed by atoms with van der Waals surface area (Å²) in [6.45, 7) is 3.55. The minimum atomic E-state index is -0.378. The van der Waals surface area contributed by atoms with Crippen molar-refractivity contribution in [3.05, 3.63) is 106 Å². The molecule has 0 unspecified atom stereocenters. The van der Waals surface area contributed by atoms with Crippen molar-refractivity contribution in [2.24, 2.45) is 0 Å². The third-order valence-corrected chi connectivity index (χ3v) is 7.96. The Morgan fingerprint density at radius 1 is 1.10 bits per heavy atom. The number of fused-ring (bicyclic) bond motifs is 4. The molecular formula is C32H31ClN4O2. The maximum absolute atomic E-state index is 13.2. The SMILES string of the molecule is COC(=O)[C@@H]1Cc2c([nH]c3ccccc23)[C@@H](c2ccc(C)cc2)N1CCCNc1ccnc2cc(Cl)ccc12. The Balaban J connectivity index is 1.31. The number of H-pyrrole nitrogens is 1. The van der Waals surface area contributed by atoms with Gasteiger partial charge in [-0.05, 0) is 54.8 Å². The summed E-state index contributed by atoms with van der Waals surface area (Å²) in [6.07, 6.45) is 3.24. The summed E-state index contributed by atoms with van der Waals surface area (Å²) in [6, 6.07) is 24.2. The molecule has 0 aliphatic carbocycles. The maximum Gasteiger partial charge on any atom is 0.323 e. The summed E-state index contributed by atoms with van der Waals surface area (Å²) in [5.41, 5.74) is 7.70. The number of halogens is 1. The molecule has 39 heavy (non-hydrogen) atoms. The normalized spacial score (nSPS) is 17.3. The standard InChI is InChI=1S/C32H31ClN4O2/c1-20-8-10-21(11-9-20)31-30-25(23-6-3-4-7-27(23)36-30)19-29(32(38)39-2)37(31)17-5-15-34-26-14-16-35-28-18-22(33)12-13-24(26)28/h3-4,6-14,16,18,29,31,36H,5,15,17,19H2,1-2H3,(H,34,35)/t29-,31+/m0/s1. The second kappa shape index (κ2) is 10.7. The number of ether oxygens (including phenoxy) is 1. The highest BCUT2D eigenvalue weighted by molar-refractivity contribution is 6.31. The number of nitrogens with zero attached hydrogens (tertiary/aromatic N) is 2. The van der Waals surface area contributed by atoms with Gasteiger partial charge >= 0.3 is 5.97 Å². The summed E-state index contributed by atoms with van der Waals surface area (Å²) < 4.78 is 5.34. The fourth-order valence-electron chi connectivity index (χ4n) is 5.84. The second-order valence-electron chi connectivity index (χ2n) is 10.2. The van der Waals surface area contributed by atoms with Gasteiger partial charge in [0, 0.05) is 58.4 Å². The number of rotatable bonds is 7. The monoisotopic (exact) mass is 538 g/mol. The van der Waals surface area contributed by atoms with Gasteiger partial charge in [0.1, 0.15) is 6.04 Å². The minimum absolute atomic E-state index is 0.0882. The number of benzene rings is 3. The first-order valence-corrected chi connectivity index (χ1v) is 13.7. The summed E-state index contributed by atoms with van der Waals surface area (Å²) in [4.78, 5) is 23.6. The number of methoxy groups -OCH3 is 1. The molecule has 2 aromatic heterocycles. The van der Waals surface area contributed by atoms with Crippen molar-refractivity contribution in [1.29, 1.82) is 0 Å². The summed E-state index contributed by atoms with van der Waals surface area (Å²) in [5, 5.41) is 6.45. The van der Waals surface area contributed by atoms with E-state index in [0.29, 0.717) is 11.4 Å². The number of pyridine rings is 1. The van der Waals surface area contributed by atoms with E-state index in [-0.39, 0.29) is 18.1 Å². The molecule has 7 heteroatoms. The topological polar surface area (TPSA) is 70.2 Å². The molecule has 6 nitrogen and oxygen atoms in total. The zero-order valence-corrected chi connectivity index (χ0v) is 22.8. The van der Waals surface area contributed by atoms with Gasteiger partial charge in [0.2, 0.25) is 0 Å². The zero-order chi connectivity index (χ0) is 26.9. The molecule has 0 spiro atoms. The molecule has 0 fully saturated rings. The number of hydrogen-bond donors (Lipinski definition) is 2. The number of nitrogens with one attached hydrogen (secondary N) is 2. The molecule has 198 valence electrons. The highest BCUT2D eigenvalue weighted by Crippen LogP contribution is 2.41. The Bertz CT molecular complexity index is 1650. The lowest BCUT2D eigenvalue weighted by molar-refractivity contribution is -0.148. The van der Waals surface area contributed by atoms with Gasteiger partial charge in [-0.1, -0.05) is 59.6 Å². The van der Waals surface area contributed by atoms with Crippen molar-refractivity contribution < 1.29 is 9.53 Å². The van der Waals surface area contributed by atoms with Gasteiger partial charge in [-0.15, -0.1) is 0 Å². The molecule has 2 N–H and O–H groups in total. The number of para-hydroxylation sites is 1. The molecule has 3 heterocycles. The van der Waals surface area contributed by atoms with Gasteiger partial charge in [-0.2, -0.15) is 0 Å². The number of aryl methyl sites for hydroxylation is 1. The molecule has 3 aromatic carbocycles. The second-order valence-corrected chi connectivity index (χ2v) is 10.6. The van der Waals surface area contributed by atoms with Crippen LogP contribution in [0.2, 0.25) is 5.02 Å². The van der Waals surface area contributed by atoms with E-state index in [1.807, 2.05) is 30.3 Å². The highest BCUT2D eigenvalue weighted by atomic mass is 35.5. The van der Waals surface area contributed by atoms with Crippen LogP contribution in [0.5, 0.6) is 0 Å². The zero-order valence-electron chi connectivity index (χ0n) is 22.1. The molecule has 0 amide bonds. The predicted octanol–water partition coefficient (Wildman–Crippen LogP) is 6.67. The Morgan fingerprint density at radius 3 is 2.74 bits per heavy atom. The van der Waals surface area contributed by atoms with E-state index in [1.165, 1.54) is 23.6 Å². The van der Waals surface area contributed by atoms with E-state index in [2.05, 4.69) is 69.6 Å². The molecule has 0 saturated heterocycles. The average Bonchev–Trinajstić information content (AvgIpc) is 3.33. The summed E-state index contributed by atoms with van der Waals surface area (Å²) >= 11 is 6.16. The molecule has 6 rings (SSSR count). The first-order chi connectivity index (χ1) is 19.0. The number of carbonyl (C=O) groups is 1. The Kier molecular flexibility index (Phi) is 6.98. The largest absolute Gasteiger partial charge is 0.468 e. The van der Waals surface area contributed by atoms with Gasteiger partial charge < -0.3 is 15.0 Å². The highest BCUT2D eigenvalue weighted by Gasteiger charge is 2.41. The Hall–Kier alpha value is -3.87. The van der Waals surface area contributed by atoms with Crippen molar-refractivity contribution in [2.45, 2.75) is 31.8 Å². The molecule has 1 aliphatic rings. The van der Waals surface area contributed by atoms with Crippen LogP contribution < -0.4 is 5.32 Å². The van der Waals surface area contributed by atoms with Crippen LogP contribution in [0, 0.1) is 6.92 Å². The molecule has 5 aromatic rings. The minimum Gasteiger partial charge on any atom is -0.468 e. The van der Waals surface area contributed by atoms with Gasteiger partial charge in [-0.25, -0.2) is 0 Å². The van der Waals surface area contributed by atoms with E-state index in [4.69, 9.17) is 16.3 Å². The average molecular weight is 539 g/mol. The Morgan fingerprint density at radius 2 is 1.92 bits per heavy atom. The smallest absolute Gasteiger partial charge is 0.323 e. The number of aromatic amines is 1. The van der Waals surface area contributed by atoms with Crippen molar-refractivity contribution in [3.8, 4) is 0 Å².